The monoisotopic (exact) mass is 358 g/mol. The molecule has 0 spiro atoms. The molecule has 0 bridgehead atoms. The lowest BCUT2D eigenvalue weighted by Crippen LogP contribution is -2.17. The van der Waals surface area contributed by atoms with Crippen molar-refractivity contribution in [2.75, 3.05) is 6.61 Å². The molecule has 1 N–H and O–H groups in total. The van der Waals surface area contributed by atoms with Gasteiger partial charge in [0, 0.05) is 17.6 Å². The Hall–Kier alpha value is -1.83. The van der Waals surface area contributed by atoms with Gasteiger partial charge >= 0.3 is 0 Å². The lowest BCUT2D eigenvalue weighted by Gasteiger charge is -2.11. The lowest BCUT2D eigenvalue weighted by atomic mass is 10.2. The molecular weight excluding hydrogens is 340 g/mol. The number of hydrogen-bond donors (Lipinski definition) is 1. The Labute approximate surface area is 149 Å². The van der Waals surface area contributed by atoms with Crippen LogP contribution in [0.25, 0.3) is 10.6 Å². The summed E-state index contributed by atoms with van der Waals surface area (Å²) in [6.07, 6.45) is 3.12. The van der Waals surface area contributed by atoms with Crippen molar-refractivity contribution in [1.82, 2.24) is 19.7 Å². The maximum absolute atomic E-state index is 5.73. The number of nitrogens with one attached hydrogen (secondary N) is 1. The Morgan fingerprint density at radius 3 is 3.00 bits per heavy atom. The summed E-state index contributed by atoms with van der Waals surface area (Å²) >= 11 is 7.04. The second kappa shape index (κ2) is 6.96. The van der Waals surface area contributed by atoms with Crippen LogP contribution < -0.4 is 0 Å². The van der Waals surface area contributed by atoms with Gasteiger partial charge in [0.1, 0.15) is 10.8 Å². The topological polar surface area (TPSA) is 55.7 Å². The van der Waals surface area contributed by atoms with E-state index in [2.05, 4.69) is 27.7 Å². The summed E-state index contributed by atoms with van der Waals surface area (Å²) in [6.45, 7) is 1.61. The van der Waals surface area contributed by atoms with Crippen molar-refractivity contribution < 1.29 is 4.74 Å². The van der Waals surface area contributed by atoms with E-state index >= 15 is 0 Å². The largest absolute Gasteiger partial charge is 0.376 e. The molecule has 3 aromatic rings. The van der Waals surface area contributed by atoms with E-state index in [-0.39, 0.29) is 6.10 Å². The zero-order valence-corrected chi connectivity index (χ0v) is 14.8. The van der Waals surface area contributed by atoms with Crippen molar-refractivity contribution in [2.45, 2.75) is 31.9 Å². The molecule has 0 amide bonds. The number of benzene rings is 1. The van der Waals surface area contributed by atoms with Gasteiger partial charge in [-0.25, -0.2) is 4.98 Å². The van der Waals surface area contributed by atoms with Gasteiger partial charge < -0.3 is 9.30 Å². The van der Waals surface area contributed by atoms with Crippen LogP contribution in [0.5, 0.6) is 0 Å². The Morgan fingerprint density at radius 2 is 2.21 bits per heavy atom. The van der Waals surface area contributed by atoms with Gasteiger partial charge in [0.05, 0.1) is 24.8 Å². The molecule has 0 saturated carbocycles. The van der Waals surface area contributed by atoms with Crippen molar-refractivity contribution in [3.63, 3.8) is 0 Å². The van der Waals surface area contributed by atoms with E-state index in [1.807, 2.05) is 22.8 Å². The van der Waals surface area contributed by atoms with Crippen LogP contribution in [0.4, 0.5) is 0 Å². The molecule has 124 valence electrons. The van der Waals surface area contributed by atoms with Gasteiger partial charge in [-0.3, -0.25) is 5.10 Å². The highest BCUT2D eigenvalue weighted by Gasteiger charge is 2.19. The lowest BCUT2D eigenvalue weighted by molar-refractivity contribution is 0.0960. The maximum atomic E-state index is 5.73. The number of ether oxygens (including phenoxy) is 1. The minimum absolute atomic E-state index is 0.239. The van der Waals surface area contributed by atoms with E-state index in [1.54, 1.807) is 11.3 Å². The molecule has 4 rings (SSSR count). The molecule has 0 aliphatic carbocycles. The van der Waals surface area contributed by atoms with E-state index in [4.69, 9.17) is 21.9 Å². The molecule has 1 aliphatic heterocycles. The van der Waals surface area contributed by atoms with Gasteiger partial charge in [0.25, 0.3) is 0 Å². The van der Waals surface area contributed by atoms with E-state index in [1.165, 1.54) is 0 Å². The summed E-state index contributed by atoms with van der Waals surface area (Å²) in [5, 5.41) is 10.4. The Morgan fingerprint density at radius 1 is 1.33 bits per heavy atom. The summed E-state index contributed by atoms with van der Waals surface area (Å²) in [4.78, 5) is 4.74. The van der Waals surface area contributed by atoms with Crippen LogP contribution in [0.15, 0.2) is 35.7 Å². The van der Waals surface area contributed by atoms with Crippen LogP contribution in [0, 0.1) is 4.77 Å². The summed E-state index contributed by atoms with van der Waals surface area (Å²) in [5.74, 6) is 0.917. The van der Waals surface area contributed by atoms with Gasteiger partial charge in [-0.05, 0) is 25.1 Å². The fraction of sp³-hybridized carbons (Fsp3) is 0.353. The Bertz CT molecular complexity index is 862. The Balaban J connectivity index is 1.53. The molecule has 5 nitrogen and oxygen atoms in total. The average molecular weight is 358 g/mol. The summed E-state index contributed by atoms with van der Waals surface area (Å²) in [7, 11) is 0. The number of aromatic nitrogens is 4. The second-order valence-corrected chi connectivity index (χ2v) is 7.12. The van der Waals surface area contributed by atoms with Crippen LogP contribution in [0.2, 0.25) is 0 Å². The minimum atomic E-state index is 0.239. The maximum Gasteiger partial charge on any atom is 0.195 e. The van der Waals surface area contributed by atoms with E-state index in [0.717, 1.165) is 48.1 Å². The van der Waals surface area contributed by atoms with E-state index in [0.29, 0.717) is 11.2 Å². The van der Waals surface area contributed by atoms with Crippen LogP contribution in [-0.4, -0.2) is 32.5 Å². The van der Waals surface area contributed by atoms with Crippen LogP contribution in [0.1, 0.15) is 24.4 Å². The Kier molecular flexibility index (Phi) is 4.55. The molecule has 1 saturated heterocycles. The normalized spacial score (nSPS) is 17.4. The predicted molar refractivity (Wildman–Crippen MR) is 96.7 cm³/mol. The molecule has 2 aromatic heterocycles. The number of aromatic amines is 1. The highest BCUT2D eigenvalue weighted by atomic mass is 32.1. The third-order valence-corrected chi connectivity index (χ3v) is 5.41. The number of rotatable bonds is 5. The van der Waals surface area contributed by atoms with Crippen LogP contribution >= 0.6 is 23.6 Å². The first-order valence-corrected chi connectivity index (χ1v) is 9.34. The van der Waals surface area contributed by atoms with Crippen molar-refractivity contribution in [1.29, 1.82) is 0 Å². The SMILES string of the molecule is S=c1[nH]nc(Cc2csc(-c3ccccc3)n2)n1C[C@H]1CCCO1. The third-order valence-electron chi connectivity index (χ3n) is 4.16. The molecule has 1 aromatic carbocycles. The fourth-order valence-electron chi connectivity index (χ4n) is 2.93. The number of nitrogens with zero attached hydrogens (tertiary/aromatic N) is 3. The first-order valence-electron chi connectivity index (χ1n) is 8.05. The van der Waals surface area contributed by atoms with Gasteiger partial charge in [0.2, 0.25) is 0 Å². The quantitative estimate of drug-likeness (QED) is 0.704. The van der Waals surface area contributed by atoms with Crippen molar-refractivity contribution in [3.8, 4) is 10.6 Å². The van der Waals surface area contributed by atoms with Gasteiger partial charge in [-0.1, -0.05) is 30.3 Å². The predicted octanol–water partition coefficient (Wildman–Crippen LogP) is 3.83. The summed E-state index contributed by atoms with van der Waals surface area (Å²) in [5.41, 5.74) is 2.16. The minimum Gasteiger partial charge on any atom is -0.376 e. The molecule has 24 heavy (non-hydrogen) atoms. The molecule has 0 unspecified atom stereocenters. The fourth-order valence-corrected chi connectivity index (χ4v) is 3.98. The highest BCUT2D eigenvalue weighted by molar-refractivity contribution is 7.71. The summed E-state index contributed by atoms with van der Waals surface area (Å²) < 4.78 is 8.43. The molecule has 1 fully saturated rings. The first-order chi connectivity index (χ1) is 11.8. The van der Waals surface area contributed by atoms with Crippen LogP contribution in [-0.2, 0) is 17.7 Å². The number of thiazole rings is 1. The van der Waals surface area contributed by atoms with E-state index in [9.17, 15) is 0 Å². The molecule has 3 heterocycles. The van der Waals surface area contributed by atoms with Crippen molar-refractivity contribution in [3.05, 3.63) is 52.0 Å². The zero-order valence-electron chi connectivity index (χ0n) is 13.1. The summed E-state index contributed by atoms with van der Waals surface area (Å²) in [6, 6.07) is 10.2. The molecule has 0 radical (unpaired) electrons. The first kappa shape index (κ1) is 15.7. The van der Waals surface area contributed by atoms with Crippen molar-refractivity contribution >= 4 is 23.6 Å². The smallest absolute Gasteiger partial charge is 0.195 e. The third kappa shape index (κ3) is 3.33. The highest BCUT2D eigenvalue weighted by Crippen LogP contribution is 2.24. The molecular formula is C17H18N4OS2. The number of H-pyrrole nitrogens is 1. The second-order valence-electron chi connectivity index (χ2n) is 5.88. The van der Waals surface area contributed by atoms with Gasteiger partial charge in [-0.15, -0.1) is 11.3 Å². The van der Waals surface area contributed by atoms with E-state index < -0.39 is 0 Å². The number of hydrogen-bond acceptors (Lipinski definition) is 5. The zero-order chi connectivity index (χ0) is 16.4. The van der Waals surface area contributed by atoms with Crippen molar-refractivity contribution in [2.24, 2.45) is 0 Å². The van der Waals surface area contributed by atoms with Crippen LogP contribution in [0.3, 0.4) is 0 Å². The standard InChI is InChI=1S/C17H18N4OS2/c23-17-20-19-15(21(17)10-14-7-4-8-22-14)9-13-11-24-16(18-13)12-5-2-1-3-6-12/h1-3,5-6,11,14H,4,7-10H2,(H,20,23)/t14-/m1/s1. The molecule has 1 atom stereocenters. The average Bonchev–Trinajstić information content (AvgIpc) is 3.34. The molecule has 7 heteroatoms. The van der Waals surface area contributed by atoms with Gasteiger partial charge in [-0.2, -0.15) is 5.10 Å². The van der Waals surface area contributed by atoms with Gasteiger partial charge in [0.15, 0.2) is 4.77 Å². The molecule has 1 aliphatic rings.